The molecule has 0 N–H and O–H groups in total. The first kappa shape index (κ1) is 14.8. The Kier molecular flexibility index (Phi) is 3.92. The van der Waals surface area contributed by atoms with Crippen LogP contribution in [0, 0.1) is 10.1 Å². The molecule has 8 heteroatoms. The van der Waals surface area contributed by atoms with E-state index in [0.29, 0.717) is 0 Å². The second kappa shape index (κ2) is 4.77. The molecule has 0 aliphatic carbocycles. The number of hydrogen-bond acceptors (Lipinski definition) is 5. The van der Waals surface area contributed by atoms with Crippen molar-refractivity contribution in [2.75, 3.05) is 6.26 Å². The maximum Gasteiger partial charge on any atom is 0.269 e. The monoisotopic (exact) mass is 335 g/mol. The smallest absolute Gasteiger partial charge is 0.269 e. The number of non-ortho nitro benzene ring substituents is 1. The van der Waals surface area contributed by atoms with Gasteiger partial charge in [0.2, 0.25) is 0 Å². The number of alkyl halides is 1. The van der Waals surface area contributed by atoms with E-state index >= 15 is 0 Å². The van der Waals surface area contributed by atoms with Crippen LogP contribution in [0.15, 0.2) is 24.3 Å². The normalized spacial score (nSPS) is 14.8. The van der Waals surface area contributed by atoms with Gasteiger partial charge in [0.1, 0.15) is 0 Å². The van der Waals surface area contributed by atoms with Crippen molar-refractivity contribution < 1.29 is 18.1 Å². The molecule has 18 heavy (non-hydrogen) atoms. The minimum absolute atomic E-state index is 0.0883. The van der Waals surface area contributed by atoms with Crippen molar-refractivity contribution in [1.82, 2.24) is 0 Å². The lowest BCUT2D eigenvalue weighted by atomic mass is 10.1. The van der Waals surface area contributed by atoms with Crippen LogP contribution in [0.25, 0.3) is 0 Å². The Morgan fingerprint density at radius 2 is 1.78 bits per heavy atom. The lowest BCUT2D eigenvalue weighted by molar-refractivity contribution is -0.384. The van der Waals surface area contributed by atoms with E-state index in [4.69, 9.17) is 0 Å². The van der Waals surface area contributed by atoms with Gasteiger partial charge < -0.3 is 0 Å². The molecule has 1 aromatic carbocycles. The highest BCUT2D eigenvalue weighted by molar-refractivity contribution is 9.12. The molecule has 0 unspecified atom stereocenters. The summed E-state index contributed by atoms with van der Waals surface area (Å²) in [7, 11) is -3.64. The van der Waals surface area contributed by atoms with Crippen molar-refractivity contribution >= 4 is 37.2 Å². The maximum absolute atomic E-state index is 12.0. The summed E-state index contributed by atoms with van der Waals surface area (Å²) >= 11 is 2.88. The van der Waals surface area contributed by atoms with Gasteiger partial charge in [0, 0.05) is 24.0 Å². The van der Waals surface area contributed by atoms with Crippen molar-refractivity contribution in [3.63, 3.8) is 0 Å². The summed E-state index contributed by atoms with van der Waals surface area (Å²) in [5.74, 6) is -0.667. The van der Waals surface area contributed by atoms with Gasteiger partial charge in [0.05, 0.1) is 4.92 Å². The van der Waals surface area contributed by atoms with Crippen LogP contribution >= 0.6 is 15.9 Å². The van der Waals surface area contributed by atoms with Crippen LogP contribution in [0.1, 0.15) is 17.3 Å². The molecule has 1 aromatic rings. The van der Waals surface area contributed by atoms with Crippen LogP contribution in [0.3, 0.4) is 0 Å². The van der Waals surface area contributed by atoms with Gasteiger partial charge in [-0.1, -0.05) is 15.9 Å². The number of sulfone groups is 1. The fourth-order valence-corrected chi connectivity index (χ4v) is 1.84. The number of nitrogens with zero attached hydrogens (tertiary/aromatic N) is 1. The fourth-order valence-electron chi connectivity index (χ4n) is 1.16. The first-order valence-electron chi connectivity index (χ1n) is 4.75. The third-order valence-electron chi connectivity index (χ3n) is 2.44. The summed E-state index contributed by atoms with van der Waals surface area (Å²) in [5, 5.41) is 10.5. The first-order valence-corrected chi connectivity index (χ1v) is 7.43. The molecule has 0 spiro atoms. The molecule has 0 aliphatic rings. The van der Waals surface area contributed by atoms with E-state index in [0.717, 1.165) is 18.4 Å². The number of carbonyl (C=O) groups excluding carboxylic acids is 1. The standard InChI is InChI=1S/C10H10BrNO5S/c1-10(11,18(2,16)17)9(13)7-3-5-8(6-4-7)12(14)15/h3-6H,1-2H3/t10-/m1/s1. The van der Waals surface area contributed by atoms with Crippen LogP contribution < -0.4 is 0 Å². The minimum atomic E-state index is -3.64. The van der Waals surface area contributed by atoms with E-state index in [2.05, 4.69) is 15.9 Å². The summed E-state index contributed by atoms with van der Waals surface area (Å²) in [6.45, 7) is 1.23. The molecule has 0 bridgehead atoms. The average molecular weight is 336 g/mol. The third kappa shape index (κ3) is 2.75. The zero-order valence-corrected chi connectivity index (χ0v) is 12.0. The molecular formula is C10H10BrNO5S. The SMILES string of the molecule is C[C@](Br)(C(=O)c1ccc([N+](=O)[O-])cc1)S(C)(=O)=O. The Labute approximate surface area is 112 Å². The van der Waals surface area contributed by atoms with Gasteiger partial charge in [-0.25, -0.2) is 8.42 Å². The van der Waals surface area contributed by atoms with Crippen LogP contribution in [0.2, 0.25) is 0 Å². The summed E-state index contributed by atoms with van der Waals surface area (Å²) in [5.41, 5.74) is -0.0763. The van der Waals surface area contributed by atoms with Crippen molar-refractivity contribution in [1.29, 1.82) is 0 Å². The predicted octanol–water partition coefficient (Wildman–Crippen LogP) is 1.93. The number of carbonyl (C=O) groups is 1. The number of nitro benzene ring substituents is 1. The third-order valence-corrected chi connectivity index (χ3v) is 6.14. The number of nitro groups is 1. The van der Waals surface area contributed by atoms with Gasteiger partial charge in [-0.15, -0.1) is 0 Å². The summed E-state index contributed by atoms with van der Waals surface area (Å²) in [4.78, 5) is 21.9. The van der Waals surface area contributed by atoms with Crippen LogP contribution in [-0.4, -0.2) is 29.0 Å². The molecular weight excluding hydrogens is 326 g/mol. The Bertz CT molecular complexity index is 591. The lowest BCUT2D eigenvalue weighted by Crippen LogP contribution is -2.36. The van der Waals surface area contributed by atoms with Crippen molar-refractivity contribution in [3.8, 4) is 0 Å². The summed E-state index contributed by atoms with van der Waals surface area (Å²) in [6, 6.07) is 4.76. The molecule has 0 saturated heterocycles. The largest absolute Gasteiger partial charge is 0.291 e. The Hall–Kier alpha value is -1.28. The number of benzene rings is 1. The molecule has 1 atom stereocenters. The maximum atomic E-state index is 12.0. The molecule has 0 fully saturated rings. The summed E-state index contributed by atoms with van der Waals surface area (Å²) in [6.07, 6.45) is 0.936. The highest BCUT2D eigenvalue weighted by Gasteiger charge is 2.41. The number of rotatable bonds is 4. The minimum Gasteiger partial charge on any atom is -0.291 e. The zero-order valence-electron chi connectivity index (χ0n) is 9.58. The van der Waals surface area contributed by atoms with E-state index in [1.165, 1.54) is 19.1 Å². The van der Waals surface area contributed by atoms with Crippen LogP contribution in [0.4, 0.5) is 5.69 Å². The van der Waals surface area contributed by atoms with Crippen molar-refractivity contribution in [2.45, 2.75) is 10.6 Å². The lowest BCUT2D eigenvalue weighted by Gasteiger charge is -2.18. The molecule has 0 heterocycles. The first-order chi connectivity index (χ1) is 8.07. The summed E-state index contributed by atoms with van der Waals surface area (Å²) < 4.78 is 21.2. The number of hydrogen-bond donors (Lipinski definition) is 0. The Morgan fingerprint density at radius 3 is 2.11 bits per heavy atom. The van der Waals surface area contributed by atoms with E-state index in [9.17, 15) is 23.3 Å². The molecule has 0 amide bonds. The highest BCUT2D eigenvalue weighted by Crippen LogP contribution is 2.29. The Morgan fingerprint density at radius 1 is 1.33 bits per heavy atom. The second-order valence-corrected chi connectivity index (χ2v) is 8.29. The number of halogens is 1. The Balaban J connectivity index is 3.17. The van der Waals surface area contributed by atoms with Crippen molar-refractivity contribution in [2.24, 2.45) is 0 Å². The topological polar surface area (TPSA) is 94.3 Å². The number of ketones is 1. The predicted molar refractivity (Wildman–Crippen MR) is 69.6 cm³/mol. The van der Waals surface area contributed by atoms with Crippen molar-refractivity contribution in [3.05, 3.63) is 39.9 Å². The highest BCUT2D eigenvalue weighted by atomic mass is 79.9. The second-order valence-electron chi connectivity index (χ2n) is 3.82. The van der Waals surface area contributed by atoms with Crippen LogP contribution in [0.5, 0.6) is 0 Å². The molecule has 1 rings (SSSR count). The molecule has 0 aromatic heterocycles. The van der Waals surface area contributed by atoms with E-state index < -0.39 is 24.2 Å². The molecule has 98 valence electrons. The van der Waals surface area contributed by atoms with Gasteiger partial charge in [0.25, 0.3) is 5.69 Å². The van der Waals surface area contributed by atoms with E-state index in [-0.39, 0.29) is 11.3 Å². The molecule has 0 radical (unpaired) electrons. The van der Waals surface area contributed by atoms with Gasteiger partial charge >= 0.3 is 0 Å². The van der Waals surface area contributed by atoms with Gasteiger partial charge in [0.15, 0.2) is 19.3 Å². The average Bonchev–Trinajstić information content (AvgIpc) is 2.26. The van der Waals surface area contributed by atoms with Crippen LogP contribution in [-0.2, 0) is 9.84 Å². The van der Waals surface area contributed by atoms with Gasteiger partial charge in [-0.2, -0.15) is 0 Å². The van der Waals surface area contributed by atoms with E-state index in [1.807, 2.05) is 0 Å². The fraction of sp³-hybridized carbons (Fsp3) is 0.300. The number of Topliss-reactive ketones (excluding diaryl/α,β-unsaturated/α-hetero) is 1. The van der Waals surface area contributed by atoms with Gasteiger partial charge in [-0.05, 0) is 19.1 Å². The zero-order chi connectivity index (χ0) is 14.1. The molecule has 6 nitrogen and oxygen atoms in total. The van der Waals surface area contributed by atoms with Gasteiger partial charge in [-0.3, -0.25) is 14.9 Å². The molecule has 0 aliphatic heterocycles. The quantitative estimate of drug-likeness (QED) is 0.362. The molecule has 0 saturated carbocycles. The van der Waals surface area contributed by atoms with E-state index in [1.54, 1.807) is 0 Å².